The molecule has 1 atom stereocenters. The number of rotatable bonds is 9. The normalized spacial score (nSPS) is 14.5. The van der Waals surface area contributed by atoms with Gasteiger partial charge in [-0.05, 0) is 54.3 Å². The molecular weight excluding hydrogens is 348 g/mol. The molecule has 26 heavy (non-hydrogen) atoms. The summed E-state index contributed by atoms with van der Waals surface area (Å²) in [6.07, 6.45) is 3.33. The van der Waals surface area contributed by atoms with E-state index in [9.17, 15) is 9.59 Å². The van der Waals surface area contributed by atoms with E-state index in [0.29, 0.717) is 30.2 Å². The maximum atomic E-state index is 12.3. The molecule has 1 aromatic carbocycles. The molecule has 0 aliphatic heterocycles. The zero-order chi connectivity index (χ0) is 18.4. The molecule has 0 bridgehead atoms. The molecule has 6 heteroatoms. The van der Waals surface area contributed by atoms with Crippen LogP contribution in [0.1, 0.15) is 47.0 Å². The Bertz CT molecular complexity index is 724. The van der Waals surface area contributed by atoms with Crippen molar-refractivity contribution in [1.29, 1.82) is 0 Å². The number of methoxy groups -OCH3 is 1. The fraction of sp³-hybridized carbons (Fsp3) is 0.400. The number of carbonyl (C=O) groups excluding carboxylic acids is 2. The van der Waals surface area contributed by atoms with Gasteiger partial charge in [-0.1, -0.05) is 18.2 Å². The summed E-state index contributed by atoms with van der Waals surface area (Å²) in [7, 11) is 1.65. The number of benzene rings is 1. The molecule has 2 amide bonds. The number of carbonyl (C=O) groups is 2. The molecule has 1 fully saturated rings. The van der Waals surface area contributed by atoms with Gasteiger partial charge in [0.05, 0.1) is 18.0 Å². The Labute approximate surface area is 157 Å². The second-order valence-electron chi connectivity index (χ2n) is 6.49. The van der Waals surface area contributed by atoms with Gasteiger partial charge in [0.2, 0.25) is 5.91 Å². The van der Waals surface area contributed by atoms with E-state index in [1.807, 2.05) is 35.7 Å². The lowest BCUT2D eigenvalue weighted by Gasteiger charge is -2.19. The molecule has 1 saturated carbocycles. The third-order valence-corrected chi connectivity index (χ3v) is 5.36. The van der Waals surface area contributed by atoms with Crippen LogP contribution < -0.4 is 15.4 Å². The second-order valence-corrected chi connectivity index (χ2v) is 7.44. The first kappa shape index (κ1) is 18.5. The average Bonchev–Trinajstić information content (AvgIpc) is 3.36. The zero-order valence-corrected chi connectivity index (χ0v) is 15.7. The Kier molecular flexibility index (Phi) is 6.28. The van der Waals surface area contributed by atoms with E-state index in [0.717, 1.165) is 24.2 Å². The first-order valence-electron chi connectivity index (χ1n) is 8.92. The van der Waals surface area contributed by atoms with Crippen LogP contribution in [0, 0.1) is 5.92 Å². The van der Waals surface area contributed by atoms with Gasteiger partial charge in [-0.15, -0.1) is 11.3 Å². The summed E-state index contributed by atoms with van der Waals surface area (Å²) >= 11 is 1.41. The van der Waals surface area contributed by atoms with Crippen LogP contribution in [0.3, 0.4) is 0 Å². The molecule has 1 aliphatic rings. The van der Waals surface area contributed by atoms with Gasteiger partial charge >= 0.3 is 0 Å². The van der Waals surface area contributed by atoms with Gasteiger partial charge in [-0.3, -0.25) is 9.59 Å². The number of amides is 2. The number of hydrogen-bond acceptors (Lipinski definition) is 4. The van der Waals surface area contributed by atoms with Crippen molar-refractivity contribution >= 4 is 23.2 Å². The SMILES string of the molecule is COc1ccc(C(NC(=O)CCCNC(=O)c2cccs2)C2CC2)cc1. The molecule has 1 heterocycles. The predicted octanol–water partition coefficient (Wildman–Crippen LogP) is 3.53. The summed E-state index contributed by atoms with van der Waals surface area (Å²) in [5, 5.41) is 7.88. The molecule has 1 aliphatic carbocycles. The smallest absolute Gasteiger partial charge is 0.261 e. The summed E-state index contributed by atoms with van der Waals surface area (Å²) in [5.41, 5.74) is 1.12. The van der Waals surface area contributed by atoms with Crippen LogP contribution >= 0.6 is 11.3 Å². The number of nitrogens with one attached hydrogen (secondary N) is 2. The summed E-state index contributed by atoms with van der Waals surface area (Å²) in [6, 6.07) is 11.6. The van der Waals surface area contributed by atoms with Gasteiger partial charge in [-0.2, -0.15) is 0 Å². The minimum atomic E-state index is -0.0745. The standard InChI is InChI=1S/C20H24N2O3S/c1-25-16-10-8-15(9-11-16)19(14-6-7-14)22-18(23)5-2-12-21-20(24)17-4-3-13-26-17/h3-4,8-11,13-14,19H,2,5-7,12H2,1H3,(H,21,24)(H,22,23). The van der Waals surface area contributed by atoms with E-state index in [-0.39, 0.29) is 17.9 Å². The molecule has 2 N–H and O–H groups in total. The van der Waals surface area contributed by atoms with Gasteiger partial charge < -0.3 is 15.4 Å². The monoisotopic (exact) mass is 372 g/mol. The summed E-state index contributed by atoms with van der Waals surface area (Å²) < 4.78 is 5.20. The van der Waals surface area contributed by atoms with Gasteiger partial charge in [0, 0.05) is 13.0 Å². The molecule has 3 rings (SSSR count). The van der Waals surface area contributed by atoms with Crippen LogP contribution in [0.2, 0.25) is 0 Å². The molecule has 0 radical (unpaired) electrons. The number of ether oxygens (including phenoxy) is 1. The minimum Gasteiger partial charge on any atom is -0.497 e. The molecule has 2 aromatic rings. The Morgan fingerprint density at radius 1 is 1.23 bits per heavy atom. The van der Waals surface area contributed by atoms with E-state index in [1.54, 1.807) is 13.2 Å². The van der Waals surface area contributed by atoms with Crippen LogP contribution in [0.25, 0.3) is 0 Å². The number of thiophene rings is 1. The minimum absolute atomic E-state index is 0.0306. The Morgan fingerprint density at radius 3 is 2.62 bits per heavy atom. The predicted molar refractivity (Wildman–Crippen MR) is 102 cm³/mol. The van der Waals surface area contributed by atoms with Gasteiger partial charge in [-0.25, -0.2) is 0 Å². The van der Waals surface area contributed by atoms with Crippen LogP contribution in [0.4, 0.5) is 0 Å². The summed E-state index contributed by atoms with van der Waals surface area (Å²) in [5.74, 6) is 1.29. The van der Waals surface area contributed by atoms with E-state index >= 15 is 0 Å². The zero-order valence-electron chi connectivity index (χ0n) is 14.9. The maximum Gasteiger partial charge on any atom is 0.261 e. The maximum absolute atomic E-state index is 12.3. The lowest BCUT2D eigenvalue weighted by molar-refractivity contribution is -0.122. The Balaban J connectivity index is 1.44. The van der Waals surface area contributed by atoms with Crippen LogP contribution in [0.15, 0.2) is 41.8 Å². The van der Waals surface area contributed by atoms with Crippen molar-refractivity contribution in [3.8, 4) is 5.75 Å². The largest absolute Gasteiger partial charge is 0.497 e. The highest BCUT2D eigenvalue weighted by molar-refractivity contribution is 7.12. The van der Waals surface area contributed by atoms with Crippen molar-refractivity contribution < 1.29 is 14.3 Å². The quantitative estimate of drug-likeness (QED) is 0.662. The summed E-state index contributed by atoms with van der Waals surface area (Å²) in [4.78, 5) is 24.9. The Hall–Kier alpha value is -2.34. The topological polar surface area (TPSA) is 67.4 Å². The molecular formula is C20H24N2O3S. The molecule has 1 aromatic heterocycles. The van der Waals surface area contributed by atoms with Gasteiger partial charge in [0.25, 0.3) is 5.91 Å². The fourth-order valence-electron chi connectivity index (χ4n) is 2.91. The van der Waals surface area contributed by atoms with Crippen molar-refractivity contribution in [3.63, 3.8) is 0 Å². The molecule has 5 nitrogen and oxygen atoms in total. The van der Waals surface area contributed by atoms with Crippen molar-refractivity contribution in [2.75, 3.05) is 13.7 Å². The van der Waals surface area contributed by atoms with E-state index in [2.05, 4.69) is 10.6 Å². The van der Waals surface area contributed by atoms with Crippen LogP contribution in [-0.4, -0.2) is 25.5 Å². The van der Waals surface area contributed by atoms with E-state index in [1.165, 1.54) is 11.3 Å². The van der Waals surface area contributed by atoms with Crippen LogP contribution in [0.5, 0.6) is 5.75 Å². The second kappa shape index (κ2) is 8.85. The van der Waals surface area contributed by atoms with E-state index in [4.69, 9.17) is 4.74 Å². The third kappa shape index (κ3) is 5.08. The van der Waals surface area contributed by atoms with Crippen molar-refractivity contribution in [2.24, 2.45) is 5.92 Å². The van der Waals surface area contributed by atoms with Crippen molar-refractivity contribution in [1.82, 2.24) is 10.6 Å². The Morgan fingerprint density at radius 2 is 2.00 bits per heavy atom. The number of hydrogen-bond donors (Lipinski definition) is 2. The molecule has 138 valence electrons. The highest BCUT2D eigenvalue weighted by atomic mass is 32.1. The first-order chi connectivity index (χ1) is 12.7. The van der Waals surface area contributed by atoms with Crippen molar-refractivity contribution in [3.05, 3.63) is 52.2 Å². The lowest BCUT2D eigenvalue weighted by atomic mass is 10.0. The lowest BCUT2D eigenvalue weighted by Crippen LogP contribution is -2.31. The highest BCUT2D eigenvalue weighted by Crippen LogP contribution is 2.41. The van der Waals surface area contributed by atoms with Gasteiger partial charge in [0.15, 0.2) is 0 Å². The first-order valence-corrected chi connectivity index (χ1v) is 9.80. The molecule has 1 unspecified atom stereocenters. The van der Waals surface area contributed by atoms with Crippen LogP contribution in [-0.2, 0) is 4.79 Å². The highest BCUT2D eigenvalue weighted by Gasteiger charge is 2.33. The fourth-order valence-corrected chi connectivity index (χ4v) is 3.55. The van der Waals surface area contributed by atoms with Crippen molar-refractivity contribution in [2.45, 2.75) is 31.7 Å². The van der Waals surface area contributed by atoms with E-state index < -0.39 is 0 Å². The molecule has 0 spiro atoms. The summed E-state index contributed by atoms with van der Waals surface area (Å²) in [6.45, 7) is 0.501. The third-order valence-electron chi connectivity index (χ3n) is 4.50. The molecule has 0 saturated heterocycles. The van der Waals surface area contributed by atoms with Gasteiger partial charge in [0.1, 0.15) is 5.75 Å². The average molecular weight is 372 g/mol.